The molecule has 2 aromatic rings. The normalized spacial score (nSPS) is 15.5. The van der Waals surface area contributed by atoms with Gasteiger partial charge in [0.2, 0.25) is 5.91 Å². The summed E-state index contributed by atoms with van der Waals surface area (Å²) in [5.74, 6) is 0.141. The fraction of sp³-hybridized carbons (Fsp3) is 0.474. The van der Waals surface area contributed by atoms with E-state index in [1.54, 1.807) is 11.3 Å². The number of carbonyl (C=O) groups is 1. The smallest absolute Gasteiger partial charge is 0.229 e. The average Bonchev–Trinajstić information content (AvgIpc) is 3.03. The van der Waals surface area contributed by atoms with Crippen molar-refractivity contribution in [3.8, 4) is 11.3 Å². The van der Waals surface area contributed by atoms with E-state index in [0.29, 0.717) is 32.7 Å². The van der Waals surface area contributed by atoms with Gasteiger partial charge in [-0.1, -0.05) is 45.0 Å². The highest BCUT2D eigenvalue weighted by atomic mass is 32.1. The van der Waals surface area contributed by atoms with Crippen LogP contribution in [-0.2, 0) is 21.4 Å². The average molecular weight is 344 g/mol. The van der Waals surface area contributed by atoms with Gasteiger partial charge in [0.25, 0.3) is 0 Å². The van der Waals surface area contributed by atoms with Gasteiger partial charge in [0.05, 0.1) is 25.3 Å². The van der Waals surface area contributed by atoms with Crippen LogP contribution in [-0.4, -0.2) is 42.1 Å². The Kier molecular flexibility index (Phi) is 5.01. The van der Waals surface area contributed by atoms with E-state index in [-0.39, 0.29) is 11.3 Å². The zero-order valence-corrected chi connectivity index (χ0v) is 15.4. The number of amides is 1. The van der Waals surface area contributed by atoms with Crippen molar-refractivity contribution >= 4 is 17.2 Å². The Hall–Kier alpha value is -1.72. The van der Waals surface area contributed by atoms with Gasteiger partial charge in [-0.25, -0.2) is 4.98 Å². The zero-order valence-electron chi connectivity index (χ0n) is 14.5. The highest BCUT2D eigenvalue weighted by Gasteiger charge is 2.19. The second kappa shape index (κ2) is 7.03. The van der Waals surface area contributed by atoms with Crippen molar-refractivity contribution in [1.29, 1.82) is 0 Å². The molecule has 2 heterocycles. The molecule has 1 saturated heterocycles. The molecule has 0 spiro atoms. The van der Waals surface area contributed by atoms with Gasteiger partial charge in [-0.15, -0.1) is 11.3 Å². The summed E-state index contributed by atoms with van der Waals surface area (Å²) in [6.45, 7) is 9.27. The molecule has 1 fully saturated rings. The second-order valence-corrected chi connectivity index (χ2v) is 8.07. The van der Waals surface area contributed by atoms with Gasteiger partial charge in [-0.3, -0.25) is 4.79 Å². The van der Waals surface area contributed by atoms with Crippen LogP contribution in [0.4, 0.5) is 0 Å². The molecule has 4 nitrogen and oxygen atoms in total. The van der Waals surface area contributed by atoms with Crippen molar-refractivity contribution in [2.45, 2.75) is 32.6 Å². The molecule has 0 N–H and O–H groups in total. The minimum absolute atomic E-state index is 0.141. The van der Waals surface area contributed by atoms with Gasteiger partial charge >= 0.3 is 0 Å². The molecule has 1 aromatic carbocycles. The number of hydrogen-bond acceptors (Lipinski definition) is 4. The molecule has 1 amide bonds. The predicted molar refractivity (Wildman–Crippen MR) is 97.4 cm³/mol. The first-order valence-corrected chi connectivity index (χ1v) is 9.22. The van der Waals surface area contributed by atoms with Crippen molar-refractivity contribution in [1.82, 2.24) is 9.88 Å². The number of rotatable bonds is 3. The fourth-order valence-corrected chi connectivity index (χ4v) is 3.51. The number of benzene rings is 1. The molecule has 5 heteroatoms. The molecule has 128 valence electrons. The molecule has 0 aliphatic carbocycles. The van der Waals surface area contributed by atoms with Gasteiger partial charge in [-0.05, 0) is 11.0 Å². The summed E-state index contributed by atoms with van der Waals surface area (Å²) in [5.41, 5.74) is 3.51. The molecule has 1 aliphatic heterocycles. The Bertz CT molecular complexity index is 695. The van der Waals surface area contributed by atoms with Crippen LogP contribution < -0.4 is 0 Å². The lowest BCUT2D eigenvalue weighted by Crippen LogP contribution is -2.41. The number of nitrogens with zero attached hydrogens (tertiary/aromatic N) is 2. The highest BCUT2D eigenvalue weighted by molar-refractivity contribution is 7.10. The summed E-state index contributed by atoms with van der Waals surface area (Å²) in [4.78, 5) is 18.8. The second-order valence-electron chi connectivity index (χ2n) is 7.12. The molecule has 0 saturated carbocycles. The monoisotopic (exact) mass is 344 g/mol. The Labute approximate surface area is 147 Å². The number of morpholine rings is 1. The lowest BCUT2D eigenvalue weighted by atomic mass is 9.86. The molecule has 3 rings (SSSR count). The fourth-order valence-electron chi connectivity index (χ4n) is 2.72. The lowest BCUT2D eigenvalue weighted by molar-refractivity contribution is -0.134. The largest absolute Gasteiger partial charge is 0.378 e. The Balaban J connectivity index is 1.67. The Morgan fingerprint density at radius 3 is 2.50 bits per heavy atom. The number of carbonyl (C=O) groups excluding carboxylic acids is 1. The van der Waals surface area contributed by atoms with E-state index in [0.717, 1.165) is 16.3 Å². The van der Waals surface area contributed by atoms with Crippen molar-refractivity contribution in [2.75, 3.05) is 26.3 Å². The van der Waals surface area contributed by atoms with Gasteiger partial charge in [-0.2, -0.15) is 0 Å². The maximum atomic E-state index is 12.3. The zero-order chi connectivity index (χ0) is 17.2. The van der Waals surface area contributed by atoms with Crippen LogP contribution in [0.2, 0.25) is 0 Å². The number of ether oxygens (including phenoxy) is 1. The minimum Gasteiger partial charge on any atom is -0.378 e. The summed E-state index contributed by atoms with van der Waals surface area (Å²) >= 11 is 1.56. The van der Waals surface area contributed by atoms with E-state index in [2.05, 4.69) is 50.0 Å². The predicted octanol–water partition coefficient (Wildman–Crippen LogP) is 3.51. The molecule has 24 heavy (non-hydrogen) atoms. The Morgan fingerprint density at radius 1 is 1.21 bits per heavy atom. The molecular weight excluding hydrogens is 320 g/mol. The number of thiazole rings is 1. The van der Waals surface area contributed by atoms with Crippen molar-refractivity contribution in [3.63, 3.8) is 0 Å². The molecule has 1 aromatic heterocycles. The van der Waals surface area contributed by atoms with Gasteiger partial charge < -0.3 is 9.64 Å². The van der Waals surface area contributed by atoms with Crippen LogP contribution in [0.15, 0.2) is 29.6 Å². The molecule has 0 bridgehead atoms. The van der Waals surface area contributed by atoms with E-state index in [9.17, 15) is 4.79 Å². The first kappa shape index (κ1) is 17.1. The van der Waals surface area contributed by atoms with E-state index in [1.165, 1.54) is 5.56 Å². The van der Waals surface area contributed by atoms with Gasteiger partial charge in [0, 0.05) is 24.0 Å². The van der Waals surface area contributed by atoms with E-state index in [1.807, 2.05) is 10.3 Å². The summed E-state index contributed by atoms with van der Waals surface area (Å²) in [5, 5.41) is 2.91. The van der Waals surface area contributed by atoms with Gasteiger partial charge in [0.1, 0.15) is 5.01 Å². The van der Waals surface area contributed by atoms with Gasteiger partial charge in [0.15, 0.2) is 0 Å². The molecule has 0 unspecified atom stereocenters. The Morgan fingerprint density at radius 2 is 1.88 bits per heavy atom. The van der Waals surface area contributed by atoms with Crippen LogP contribution in [0.5, 0.6) is 0 Å². The number of hydrogen-bond donors (Lipinski definition) is 0. The van der Waals surface area contributed by atoms with Crippen molar-refractivity contribution in [2.24, 2.45) is 0 Å². The SMILES string of the molecule is CC(C)(C)c1ccc(-c2csc(CC(=O)N3CCOCC3)n2)cc1. The first-order chi connectivity index (χ1) is 11.4. The van der Waals surface area contributed by atoms with Crippen LogP contribution >= 0.6 is 11.3 Å². The third-order valence-corrected chi connectivity index (χ3v) is 5.11. The third-order valence-electron chi connectivity index (χ3n) is 4.26. The highest BCUT2D eigenvalue weighted by Crippen LogP contribution is 2.27. The first-order valence-electron chi connectivity index (χ1n) is 8.34. The van der Waals surface area contributed by atoms with Crippen molar-refractivity contribution in [3.05, 3.63) is 40.2 Å². The van der Waals surface area contributed by atoms with E-state index >= 15 is 0 Å². The topological polar surface area (TPSA) is 42.4 Å². The molecule has 1 aliphatic rings. The quantitative estimate of drug-likeness (QED) is 0.856. The summed E-state index contributed by atoms with van der Waals surface area (Å²) < 4.78 is 5.29. The van der Waals surface area contributed by atoms with Crippen LogP contribution in [0, 0.1) is 0 Å². The molecule has 0 atom stereocenters. The molecular formula is C19H24N2O2S. The van der Waals surface area contributed by atoms with Crippen molar-refractivity contribution < 1.29 is 9.53 Å². The summed E-state index contributed by atoms with van der Waals surface area (Å²) in [7, 11) is 0. The van der Waals surface area contributed by atoms with E-state index < -0.39 is 0 Å². The standard InChI is InChI=1S/C19H24N2O2S/c1-19(2,3)15-6-4-14(5-7-15)16-13-24-17(20-16)12-18(22)21-8-10-23-11-9-21/h4-7,13H,8-12H2,1-3H3. The summed E-state index contributed by atoms with van der Waals surface area (Å²) in [6, 6.07) is 8.55. The third kappa shape index (κ3) is 4.02. The maximum absolute atomic E-state index is 12.3. The maximum Gasteiger partial charge on any atom is 0.229 e. The molecule has 0 radical (unpaired) electrons. The van der Waals surface area contributed by atoms with E-state index in [4.69, 9.17) is 4.74 Å². The van der Waals surface area contributed by atoms with Crippen LogP contribution in [0.1, 0.15) is 31.3 Å². The lowest BCUT2D eigenvalue weighted by Gasteiger charge is -2.26. The minimum atomic E-state index is 0.141. The van der Waals surface area contributed by atoms with Crippen LogP contribution in [0.25, 0.3) is 11.3 Å². The van der Waals surface area contributed by atoms with Crippen LogP contribution in [0.3, 0.4) is 0 Å². The summed E-state index contributed by atoms with van der Waals surface area (Å²) in [6.07, 6.45) is 0.380. The number of aromatic nitrogens is 1.